The summed E-state index contributed by atoms with van der Waals surface area (Å²) in [5.74, 6) is 0. The van der Waals surface area contributed by atoms with Gasteiger partial charge in [-0.1, -0.05) is 6.92 Å². The first kappa shape index (κ1) is 16.1. The van der Waals surface area contributed by atoms with Crippen LogP contribution in [-0.4, -0.2) is 53.7 Å². The van der Waals surface area contributed by atoms with Crippen molar-refractivity contribution in [3.63, 3.8) is 0 Å². The molecule has 0 aliphatic carbocycles. The normalized spacial score (nSPS) is 22.8. The summed E-state index contributed by atoms with van der Waals surface area (Å²) in [6, 6.07) is 0. The highest BCUT2D eigenvalue weighted by atomic mass is 28.4. The van der Waals surface area contributed by atoms with Gasteiger partial charge in [0.2, 0.25) is 0 Å². The van der Waals surface area contributed by atoms with E-state index in [4.69, 9.17) is 22.8 Å². The lowest BCUT2D eigenvalue weighted by Gasteiger charge is -2.42. The topological polar surface area (TPSA) is 49.5 Å². The predicted molar refractivity (Wildman–Crippen MR) is 70.4 cm³/mol. The Morgan fingerprint density at radius 3 is 1.72 bits per heavy atom. The van der Waals surface area contributed by atoms with Crippen molar-refractivity contribution in [3.05, 3.63) is 0 Å². The molecule has 0 radical (unpaired) electrons. The minimum Gasteiger partial charge on any atom is -0.372 e. The Bertz CT molecular complexity index is 224. The molecule has 1 aliphatic heterocycles. The van der Waals surface area contributed by atoms with Crippen LogP contribution in [0.4, 0.5) is 0 Å². The Labute approximate surface area is 111 Å². The molecule has 2 atom stereocenters. The third-order valence-electron chi connectivity index (χ3n) is 3.26. The number of hydrogen-bond donors (Lipinski definition) is 0. The Hall–Kier alpha value is 0.0169. The van der Waals surface area contributed by atoms with Crippen molar-refractivity contribution in [2.75, 3.05) is 33.5 Å². The van der Waals surface area contributed by atoms with Crippen LogP contribution in [0.2, 0.25) is 0 Å². The van der Waals surface area contributed by atoms with Crippen LogP contribution >= 0.6 is 0 Å². The molecule has 1 fully saturated rings. The number of methoxy groups -OCH3 is 1. The highest BCUT2D eigenvalue weighted by Crippen LogP contribution is 2.40. The van der Waals surface area contributed by atoms with Gasteiger partial charge < -0.3 is 22.8 Å². The van der Waals surface area contributed by atoms with Gasteiger partial charge in [0, 0.05) is 26.9 Å². The van der Waals surface area contributed by atoms with Crippen molar-refractivity contribution in [1.29, 1.82) is 0 Å². The number of epoxide rings is 1. The van der Waals surface area contributed by atoms with E-state index in [1.165, 1.54) is 0 Å². The maximum absolute atomic E-state index is 5.95. The molecule has 0 aromatic heterocycles. The van der Waals surface area contributed by atoms with Crippen LogP contribution in [0.15, 0.2) is 0 Å². The molecule has 1 aliphatic rings. The summed E-state index contributed by atoms with van der Waals surface area (Å²) < 4.78 is 29.1. The third-order valence-corrected chi connectivity index (χ3v) is 7.19. The first-order valence-electron chi connectivity index (χ1n) is 6.74. The molecule has 2 unspecified atom stereocenters. The van der Waals surface area contributed by atoms with Crippen molar-refractivity contribution in [1.82, 2.24) is 0 Å². The van der Waals surface area contributed by atoms with Gasteiger partial charge in [0.15, 0.2) is 5.22 Å². The molecule has 6 heteroatoms. The van der Waals surface area contributed by atoms with E-state index >= 15 is 0 Å². The fourth-order valence-electron chi connectivity index (χ4n) is 2.42. The van der Waals surface area contributed by atoms with Crippen LogP contribution in [0.25, 0.3) is 0 Å². The quantitative estimate of drug-likeness (QED) is 0.450. The Morgan fingerprint density at radius 1 is 1.06 bits per heavy atom. The second-order valence-electron chi connectivity index (χ2n) is 4.12. The lowest BCUT2D eigenvalue weighted by atomic mass is 10.2. The van der Waals surface area contributed by atoms with Crippen LogP contribution in [0, 0.1) is 0 Å². The lowest BCUT2D eigenvalue weighted by Crippen LogP contribution is -2.68. The standard InChI is InChI=1S/C12H26O5Si/c1-6-12(13-5,11-10-14-11)18(15-7-2,16-8-3)17-9-4/h11H,6-10H2,1-5H3. The SMILES string of the molecule is CCO[Si](OCC)(OCC)C(CC)(OC)C1CO1. The largest absolute Gasteiger partial charge is 0.537 e. The van der Waals surface area contributed by atoms with Crippen molar-refractivity contribution < 1.29 is 22.8 Å². The van der Waals surface area contributed by atoms with E-state index in [2.05, 4.69) is 6.92 Å². The second-order valence-corrected chi connectivity index (χ2v) is 6.95. The van der Waals surface area contributed by atoms with E-state index < -0.39 is 14.0 Å². The first-order chi connectivity index (χ1) is 8.66. The van der Waals surface area contributed by atoms with Crippen molar-refractivity contribution in [2.24, 2.45) is 0 Å². The van der Waals surface area contributed by atoms with E-state index in [1.807, 2.05) is 20.8 Å². The fraction of sp³-hybridized carbons (Fsp3) is 1.00. The van der Waals surface area contributed by atoms with Gasteiger partial charge in [0.05, 0.1) is 6.61 Å². The van der Waals surface area contributed by atoms with Gasteiger partial charge in [0.25, 0.3) is 0 Å². The third kappa shape index (κ3) is 2.78. The molecule has 0 amide bonds. The molecule has 5 nitrogen and oxygen atoms in total. The highest BCUT2D eigenvalue weighted by molar-refractivity contribution is 6.64. The highest BCUT2D eigenvalue weighted by Gasteiger charge is 2.68. The van der Waals surface area contributed by atoms with Gasteiger partial charge >= 0.3 is 8.80 Å². The first-order valence-corrected chi connectivity index (χ1v) is 8.47. The van der Waals surface area contributed by atoms with Gasteiger partial charge in [-0.2, -0.15) is 0 Å². The minimum atomic E-state index is -2.92. The Morgan fingerprint density at radius 2 is 1.50 bits per heavy atom. The molecule has 1 saturated heterocycles. The van der Waals surface area contributed by atoms with Crippen LogP contribution in [-0.2, 0) is 22.8 Å². The zero-order valence-electron chi connectivity index (χ0n) is 12.2. The molecule has 108 valence electrons. The van der Waals surface area contributed by atoms with Gasteiger partial charge in [-0.05, 0) is 27.2 Å². The van der Waals surface area contributed by atoms with Gasteiger partial charge in [-0.25, -0.2) is 0 Å². The van der Waals surface area contributed by atoms with Crippen LogP contribution in [0.3, 0.4) is 0 Å². The van der Waals surface area contributed by atoms with Crippen LogP contribution in [0.5, 0.6) is 0 Å². The molecule has 1 rings (SSSR count). The zero-order valence-corrected chi connectivity index (χ0v) is 13.2. The van der Waals surface area contributed by atoms with Gasteiger partial charge in [-0.3, -0.25) is 0 Å². The van der Waals surface area contributed by atoms with E-state index in [-0.39, 0.29) is 6.10 Å². The Balaban J connectivity index is 3.08. The average Bonchev–Trinajstić information content (AvgIpc) is 3.17. The maximum Gasteiger partial charge on any atom is 0.537 e. The fourth-order valence-corrected chi connectivity index (χ4v) is 5.79. The molecule has 0 aromatic carbocycles. The maximum atomic E-state index is 5.95. The average molecular weight is 278 g/mol. The zero-order chi connectivity index (χ0) is 13.6. The van der Waals surface area contributed by atoms with Crippen molar-refractivity contribution in [2.45, 2.75) is 45.4 Å². The number of ether oxygens (including phenoxy) is 2. The van der Waals surface area contributed by atoms with E-state index in [0.717, 1.165) is 6.42 Å². The molecular formula is C12H26O5Si. The summed E-state index contributed by atoms with van der Waals surface area (Å²) in [7, 11) is -1.24. The Kier molecular flexibility index (Phi) is 6.23. The lowest BCUT2D eigenvalue weighted by molar-refractivity contribution is -0.0659. The molecule has 0 N–H and O–H groups in total. The molecule has 18 heavy (non-hydrogen) atoms. The van der Waals surface area contributed by atoms with E-state index in [0.29, 0.717) is 26.4 Å². The summed E-state index contributed by atoms with van der Waals surface area (Å²) in [5, 5.41) is -0.588. The van der Waals surface area contributed by atoms with E-state index in [9.17, 15) is 0 Å². The van der Waals surface area contributed by atoms with Gasteiger partial charge in [0.1, 0.15) is 6.10 Å². The van der Waals surface area contributed by atoms with Crippen LogP contribution in [0.1, 0.15) is 34.1 Å². The molecule has 0 saturated carbocycles. The summed E-state index contributed by atoms with van der Waals surface area (Å²) in [6.07, 6.45) is 0.768. The smallest absolute Gasteiger partial charge is 0.372 e. The van der Waals surface area contributed by atoms with E-state index in [1.54, 1.807) is 7.11 Å². The molecule has 0 bridgehead atoms. The van der Waals surface area contributed by atoms with Crippen LogP contribution < -0.4 is 0 Å². The predicted octanol–water partition coefficient (Wildman–Crippen LogP) is 1.77. The summed E-state index contributed by atoms with van der Waals surface area (Å²) in [4.78, 5) is 0. The van der Waals surface area contributed by atoms with Crippen molar-refractivity contribution >= 4 is 8.80 Å². The number of hydrogen-bond acceptors (Lipinski definition) is 5. The molecular weight excluding hydrogens is 252 g/mol. The monoisotopic (exact) mass is 278 g/mol. The summed E-state index contributed by atoms with van der Waals surface area (Å²) >= 11 is 0. The summed E-state index contributed by atoms with van der Waals surface area (Å²) in [6.45, 7) is 10.2. The molecule has 1 heterocycles. The number of rotatable bonds is 10. The second kappa shape index (κ2) is 6.98. The molecule has 0 aromatic rings. The van der Waals surface area contributed by atoms with Gasteiger partial charge in [-0.15, -0.1) is 0 Å². The minimum absolute atomic E-state index is 0.0174. The summed E-state index contributed by atoms with van der Waals surface area (Å²) in [5.41, 5.74) is 0. The van der Waals surface area contributed by atoms with Crippen molar-refractivity contribution in [3.8, 4) is 0 Å². The molecule has 0 spiro atoms.